The molecule has 0 amide bonds. The molecule has 16 heteroatoms. The third kappa shape index (κ3) is 8.81. The van der Waals surface area contributed by atoms with Gasteiger partial charge in [-0.1, -0.05) is 22.0 Å². The number of pyridine rings is 2. The van der Waals surface area contributed by atoms with E-state index in [9.17, 15) is 17.6 Å². The highest BCUT2D eigenvalue weighted by molar-refractivity contribution is 9.10. The number of aromatic nitrogens is 8. The lowest BCUT2D eigenvalue weighted by molar-refractivity contribution is 0.509. The number of benzene rings is 2. The summed E-state index contributed by atoms with van der Waals surface area (Å²) >= 11 is 3.29. The first kappa shape index (κ1) is 36.3. The summed E-state index contributed by atoms with van der Waals surface area (Å²) in [5, 5.41) is 21.8. The molecule has 6 aromatic rings. The van der Waals surface area contributed by atoms with Crippen molar-refractivity contribution in [3.8, 4) is 22.5 Å². The van der Waals surface area contributed by atoms with Crippen molar-refractivity contribution in [3.63, 3.8) is 0 Å². The Kier molecular flexibility index (Phi) is 10.9. The van der Waals surface area contributed by atoms with Gasteiger partial charge in [0.15, 0.2) is 5.69 Å². The summed E-state index contributed by atoms with van der Waals surface area (Å²) in [6, 6.07) is 14.2. The molecule has 0 aliphatic carbocycles. The van der Waals surface area contributed by atoms with Crippen LogP contribution in [0.1, 0.15) is 39.1 Å². The second kappa shape index (κ2) is 15.3. The van der Waals surface area contributed by atoms with Crippen molar-refractivity contribution < 1.29 is 17.6 Å². The van der Waals surface area contributed by atoms with Crippen LogP contribution in [0.25, 0.3) is 27.4 Å². The minimum atomic E-state index is -0.885. The van der Waals surface area contributed by atoms with Gasteiger partial charge in [0.05, 0.1) is 30.0 Å². The monoisotopic (exact) mass is 757 g/mol. The predicted molar refractivity (Wildman–Crippen MR) is 186 cm³/mol. The number of anilines is 2. The van der Waals surface area contributed by atoms with Crippen LogP contribution in [0.15, 0.2) is 89.9 Å². The largest absolute Gasteiger partial charge is 0.342 e. The summed E-state index contributed by atoms with van der Waals surface area (Å²) in [5.41, 5.74) is -0.0803. The number of rotatable bonds is 8. The summed E-state index contributed by atoms with van der Waals surface area (Å²) in [6.07, 6.45) is 5.76. The maximum absolute atomic E-state index is 14.0. The Bertz CT molecular complexity index is 2190. The fourth-order valence-corrected chi connectivity index (χ4v) is 5.11. The molecule has 0 atom stereocenters. The minimum Gasteiger partial charge on any atom is -0.342 e. The fourth-order valence-electron chi connectivity index (χ4n) is 4.75. The van der Waals surface area contributed by atoms with Crippen LogP contribution in [0.3, 0.4) is 0 Å². The Morgan fingerprint density at radius 1 is 0.608 bits per heavy atom. The van der Waals surface area contributed by atoms with Gasteiger partial charge in [-0.15, -0.1) is 20.4 Å². The Morgan fingerprint density at radius 3 is 1.51 bits per heavy atom. The molecule has 258 valence electrons. The van der Waals surface area contributed by atoms with Gasteiger partial charge in [-0.25, -0.2) is 32.4 Å². The van der Waals surface area contributed by atoms with Crippen LogP contribution in [0.5, 0.6) is 0 Å². The lowest BCUT2D eigenvalue weighted by Gasteiger charge is -2.25. The minimum absolute atomic E-state index is 0.139. The van der Waals surface area contributed by atoms with E-state index in [1.165, 1.54) is 73.3 Å². The molecule has 0 saturated carbocycles. The lowest BCUT2D eigenvalue weighted by atomic mass is 9.99. The van der Waals surface area contributed by atoms with E-state index in [1.54, 1.807) is 39.8 Å². The van der Waals surface area contributed by atoms with Crippen molar-refractivity contribution >= 4 is 33.5 Å². The summed E-state index contributed by atoms with van der Waals surface area (Å²) in [6.45, 7) is 14.0. The number of hydrogen-bond donors (Lipinski definition) is 2. The van der Waals surface area contributed by atoms with Crippen LogP contribution in [0, 0.1) is 29.8 Å². The average Bonchev–Trinajstić information content (AvgIpc) is 3.10. The number of nitrogens with zero attached hydrogens (tertiary/aromatic N) is 9. The van der Waals surface area contributed by atoms with Gasteiger partial charge in [0, 0.05) is 28.0 Å². The normalized spacial score (nSPS) is 11.2. The summed E-state index contributed by atoms with van der Waals surface area (Å²) in [7, 11) is 0. The lowest BCUT2D eigenvalue weighted by Crippen LogP contribution is -2.31. The summed E-state index contributed by atoms with van der Waals surface area (Å²) in [4.78, 5) is 19.6. The van der Waals surface area contributed by atoms with E-state index in [2.05, 4.69) is 71.7 Å². The molecule has 0 fully saturated rings. The standard InChI is InChI=1S/C18H14F2N6.C17H14BrF2N5/c1-18(2,16-14(20)5-4-8-22-16)24-17-23-10-15(25-26-17)12-9-11(21-3)6-7-13(12)19;1-17(2,15-13(20)4-3-7-21-15)23-16-22-9-14(24-25-16)11-8-10(18)5-6-12(11)19/h4-10H,1-2H3,(H,23,24,26);3-9H,1-2H3,(H,22,23,25). The fraction of sp³-hybridized carbons (Fsp3) is 0.171. The number of halogens is 5. The van der Waals surface area contributed by atoms with Gasteiger partial charge in [-0.05, 0) is 82.3 Å². The van der Waals surface area contributed by atoms with Crippen LogP contribution in [-0.4, -0.2) is 40.3 Å². The molecule has 2 N–H and O–H groups in total. The smallest absolute Gasteiger partial charge is 0.243 e. The van der Waals surface area contributed by atoms with Gasteiger partial charge in [-0.2, -0.15) is 0 Å². The third-order valence-corrected chi connectivity index (χ3v) is 7.73. The van der Waals surface area contributed by atoms with Gasteiger partial charge in [0.25, 0.3) is 0 Å². The highest BCUT2D eigenvalue weighted by Crippen LogP contribution is 2.29. The summed E-state index contributed by atoms with van der Waals surface area (Å²) < 4.78 is 56.5. The number of hydrogen-bond acceptors (Lipinski definition) is 10. The van der Waals surface area contributed by atoms with Crippen molar-refractivity contribution in [2.75, 3.05) is 10.6 Å². The van der Waals surface area contributed by atoms with Crippen LogP contribution in [-0.2, 0) is 11.1 Å². The first-order valence-corrected chi connectivity index (χ1v) is 15.9. The Hall–Kier alpha value is -5.95. The molecule has 11 nitrogen and oxygen atoms in total. The quantitative estimate of drug-likeness (QED) is 0.115. The van der Waals surface area contributed by atoms with Crippen molar-refractivity contribution in [1.29, 1.82) is 0 Å². The second-order valence-electron chi connectivity index (χ2n) is 11.9. The molecule has 0 radical (unpaired) electrons. The van der Waals surface area contributed by atoms with Crippen molar-refractivity contribution in [3.05, 3.63) is 136 Å². The molecule has 2 aromatic carbocycles. The maximum Gasteiger partial charge on any atom is 0.243 e. The first-order chi connectivity index (χ1) is 24.3. The second-order valence-corrected chi connectivity index (χ2v) is 12.8. The Labute approximate surface area is 298 Å². The van der Waals surface area contributed by atoms with Gasteiger partial charge in [-0.3, -0.25) is 9.97 Å². The first-order valence-electron chi connectivity index (χ1n) is 15.1. The zero-order valence-electron chi connectivity index (χ0n) is 27.5. The molecule has 6 rings (SSSR count). The van der Waals surface area contributed by atoms with Gasteiger partial charge in [0.1, 0.15) is 46.0 Å². The van der Waals surface area contributed by atoms with Crippen LogP contribution in [0.4, 0.5) is 35.1 Å². The van der Waals surface area contributed by atoms with E-state index in [0.717, 1.165) is 4.47 Å². The van der Waals surface area contributed by atoms with E-state index in [1.807, 2.05) is 0 Å². The molecular weight excluding hydrogens is 730 g/mol. The topological polar surface area (TPSA) is 132 Å². The van der Waals surface area contributed by atoms with Crippen LogP contribution in [0.2, 0.25) is 0 Å². The predicted octanol–water partition coefficient (Wildman–Crippen LogP) is 8.43. The van der Waals surface area contributed by atoms with Gasteiger partial charge in [0.2, 0.25) is 11.9 Å². The molecule has 0 saturated heterocycles. The molecule has 4 aromatic heterocycles. The van der Waals surface area contributed by atoms with Gasteiger partial charge < -0.3 is 10.6 Å². The maximum atomic E-state index is 14.0. The molecule has 51 heavy (non-hydrogen) atoms. The van der Waals surface area contributed by atoms with E-state index >= 15 is 0 Å². The van der Waals surface area contributed by atoms with Crippen LogP contribution >= 0.6 is 15.9 Å². The molecule has 0 spiro atoms. The molecule has 0 aliphatic heterocycles. The van der Waals surface area contributed by atoms with Gasteiger partial charge >= 0.3 is 0 Å². The van der Waals surface area contributed by atoms with E-state index in [4.69, 9.17) is 6.57 Å². The molecular formula is C35H28BrF4N11. The highest BCUT2D eigenvalue weighted by Gasteiger charge is 2.28. The Balaban J connectivity index is 0.000000198. The molecule has 0 unspecified atom stereocenters. The molecule has 0 aliphatic rings. The van der Waals surface area contributed by atoms with Crippen LogP contribution < -0.4 is 10.6 Å². The summed E-state index contributed by atoms with van der Waals surface area (Å²) in [5.74, 6) is -1.49. The SMILES string of the molecule is CC(C)(Nc1ncc(-c2cc(Br)ccc2F)nn1)c1ncccc1F.[C-]#[N+]c1ccc(F)c(-c2cnc(NC(C)(C)c3ncccc3F)nn2)c1. The van der Waals surface area contributed by atoms with Crippen molar-refractivity contribution in [1.82, 2.24) is 40.3 Å². The van der Waals surface area contributed by atoms with Crippen molar-refractivity contribution in [2.24, 2.45) is 0 Å². The van der Waals surface area contributed by atoms with E-state index < -0.39 is 34.3 Å². The molecule has 4 heterocycles. The van der Waals surface area contributed by atoms with E-state index in [0.29, 0.717) is 5.69 Å². The Morgan fingerprint density at radius 2 is 1.08 bits per heavy atom. The zero-order chi connectivity index (χ0) is 36.8. The number of nitrogens with one attached hydrogen (secondary N) is 2. The molecule has 0 bridgehead atoms. The zero-order valence-corrected chi connectivity index (χ0v) is 29.1. The van der Waals surface area contributed by atoms with E-state index in [-0.39, 0.29) is 45.8 Å². The highest BCUT2D eigenvalue weighted by atomic mass is 79.9. The van der Waals surface area contributed by atoms with Crippen molar-refractivity contribution in [2.45, 2.75) is 38.8 Å². The average molecular weight is 759 g/mol. The third-order valence-electron chi connectivity index (χ3n) is 7.23.